The lowest BCUT2D eigenvalue weighted by atomic mass is 9.88. The quantitative estimate of drug-likeness (QED) is 0.177. The van der Waals surface area contributed by atoms with E-state index in [-0.39, 0.29) is 16.2 Å². The number of aromatic nitrogens is 2. The highest BCUT2D eigenvalue weighted by atomic mass is 32.1. The lowest BCUT2D eigenvalue weighted by molar-refractivity contribution is -0.111. The zero-order chi connectivity index (χ0) is 28.3. The predicted octanol–water partition coefficient (Wildman–Crippen LogP) is 7.76. The Morgan fingerprint density at radius 1 is 1.13 bits per heavy atom. The maximum absolute atomic E-state index is 13.2. The van der Waals surface area contributed by atoms with Gasteiger partial charge in [0.15, 0.2) is 0 Å². The number of hydrogen-bond acceptors (Lipinski definition) is 5. The molecule has 1 atom stereocenters. The number of halogens is 2. The molecule has 2 aromatic heterocycles. The van der Waals surface area contributed by atoms with Gasteiger partial charge in [0.25, 0.3) is 6.43 Å². The Bertz CT molecular complexity index is 1520. The third kappa shape index (κ3) is 6.61. The van der Waals surface area contributed by atoms with Crippen LogP contribution in [0, 0.1) is 5.41 Å². The van der Waals surface area contributed by atoms with E-state index in [9.17, 15) is 13.6 Å². The molecule has 1 amide bonds. The lowest BCUT2D eigenvalue weighted by Gasteiger charge is -2.28. The fraction of sp³-hybridized carbons (Fsp3) is 0.267. The van der Waals surface area contributed by atoms with Crippen molar-refractivity contribution in [3.63, 3.8) is 0 Å². The van der Waals surface area contributed by atoms with Gasteiger partial charge < -0.3 is 16.0 Å². The van der Waals surface area contributed by atoms with Crippen LogP contribution in [0.2, 0.25) is 0 Å². The van der Waals surface area contributed by atoms with Crippen molar-refractivity contribution in [2.45, 2.75) is 46.7 Å². The van der Waals surface area contributed by atoms with E-state index in [1.807, 2.05) is 34.9 Å². The molecule has 204 valence electrons. The van der Waals surface area contributed by atoms with Crippen LogP contribution in [-0.4, -0.2) is 21.5 Å². The second-order valence-electron chi connectivity index (χ2n) is 10.4. The number of imidazole rings is 1. The van der Waals surface area contributed by atoms with Crippen molar-refractivity contribution in [2.75, 3.05) is 10.6 Å². The van der Waals surface area contributed by atoms with Gasteiger partial charge in [0.05, 0.1) is 32.2 Å². The predicted molar refractivity (Wildman–Crippen MR) is 158 cm³/mol. The molecule has 39 heavy (non-hydrogen) atoms. The Balaban J connectivity index is 1.73. The zero-order valence-electron chi connectivity index (χ0n) is 22.5. The summed E-state index contributed by atoms with van der Waals surface area (Å²) in [6.07, 6.45) is -1.33. The van der Waals surface area contributed by atoms with Crippen molar-refractivity contribution >= 4 is 45.6 Å². The van der Waals surface area contributed by atoms with Gasteiger partial charge in [0, 0.05) is 18.3 Å². The van der Waals surface area contributed by atoms with Crippen molar-refractivity contribution in [2.24, 2.45) is 5.41 Å². The van der Waals surface area contributed by atoms with E-state index < -0.39 is 6.43 Å². The molecule has 2 heterocycles. The van der Waals surface area contributed by atoms with Crippen molar-refractivity contribution in [1.29, 1.82) is 0 Å². The van der Waals surface area contributed by atoms with Crippen molar-refractivity contribution in [3.8, 4) is 5.69 Å². The van der Waals surface area contributed by atoms with E-state index >= 15 is 0 Å². The molecule has 0 saturated carbocycles. The highest BCUT2D eigenvalue weighted by Gasteiger charge is 2.20. The highest BCUT2D eigenvalue weighted by molar-refractivity contribution is 7.13. The summed E-state index contributed by atoms with van der Waals surface area (Å²) in [5.41, 5.74) is 4.61. The summed E-state index contributed by atoms with van der Waals surface area (Å²) in [4.78, 5) is 17.3. The maximum atomic E-state index is 13.2. The Hall–Kier alpha value is -3.82. The monoisotopic (exact) mass is 549 g/mol. The molecule has 0 aliphatic carbocycles. The third-order valence-corrected chi connectivity index (χ3v) is 7.74. The summed E-state index contributed by atoms with van der Waals surface area (Å²) >= 11 is 0.988. The summed E-state index contributed by atoms with van der Waals surface area (Å²) in [6.45, 7) is 17.0. The second-order valence-corrected chi connectivity index (χ2v) is 11.5. The van der Waals surface area contributed by atoms with Gasteiger partial charge in [0.1, 0.15) is 0 Å². The number of benzene rings is 2. The molecule has 1 unspecified atom stereocenters. The topological polar surface area (TPSA) is 71.0 Å². The van der Waals surface area contributed by atoms with E-state index in [0.29, 0.717) is 34.8 Å². The third-order valence-electron chi connectivity index (χ3n) is 6.59. The number of fused-ring (bicyclic) bond motifs is 1. The first-order valence-electron chi connectivity index (χ1n) is 12.6. The smallest absolute Gasteiger partial charge is 0.272 e. The first-order valence-corrected chi connectivity index (χ1v) is 13.4. The van der Waals surface area contributed by atoms with Gasteiger partial charge in [-0.1, -0.05) is 46.1 Å². The van der Waals surface area contributed by atoms with Crippen LogP contribution in [0.25, 0.3) is 22.4 Å². The second kappa shape index (κ2) is 11.5. The molecule has 4 aromatic rings. The number of carbonyl (C=O) groups is 1. The Labute approximate surface area is 231 Å². The molecule has 0 aliphatic heterocycles. The fourth-order valence-electron chi connectivity index (χ4n) is 3.90. The Morgan fingerprint density at radius 2 is 1.90 bits per heavy atom. The minimum atomic E-state index is -2.54. The van der Waals surface area contributed by atoms with Crippen LogP contribution in [-0.2, 0) is 11.3 Å². The molecule has 0 aliphatic rings. The van der Waals surface area contributed by atoms with E-state index in [1.54, 1.807) is 12.1 Å². The Morgan fingerprint density at radius 3 is 2.56 bits per heavy atom. The van der Waals surface area contributed by atoms with Gasteiger partial charge in [-0.3, -0.25) is 9.36 Å². The minimum Gasteiger partial charge on any atom is -0.325 e. The average molecular weight is 550 g/mol. The number of nitrogens with one attached hydrogen (secondary N) is 3. The van der Waals surface area contributed by atoms with E-state index in [4.69, 9.17) is 4.98 Å². The number of nitrogens with zero attached hydrogens (tertiary/aromatic N) is 2. The number of rotatable bonds is 10. The summed E-state index contributed by atoms with van der Waals surface area (Å²) < 4.78 is 28.3. The van der Waals surface area contributed by atoms with Crippen LogP contribution >= 0.6 is 11.3 Å². The van der Waals surface area contributed by atoms with Gasteiger partial charge in [0.2, 0.25) is 11.9 Å². The zero-order valence-corrected chi connectivity index (χ0v) is 23.3. The SMILES string of the molecule is C=CC(=O)Nc1cccc(-n2c(NC(=C)c3ccc(C(F)F)s3)nc3cc(CNC(C)C(C)(C)C)ccc32)c1. The number of amides is 1. The Kier molecular flexibility index (Phi) is 8.32. The van der Waals surface area contributed by atoms with Gasteiger partial charge in [-0.05, 0) is 66.4 Å². The van der Waals surface area contributed by atoms with E-state index in [2.05, 4.69) is 62.9 Å². The van der Waals surface area contributed by atoms with E-state index in [1.165, 1.54) is 12.1 Å². The molecule has 9 heteroatoms. The molecule has 0 fully saturated rings. The van der Waals surface area contributed by atoms with Crippen LogP contribution in [0.3, 0.4) is 0 Å². The summed E-state index contributed by atoms with van der Waals surface area (Å²) in [7, 11) is 0. The molecule has 2 aromatic carbocycles. The molecular formula is C30H33F2N5OS. The minimum absolute atomic E-state index is 0.0197. The van der Waals surface area contributed by atoms with Crippen LogP contribution < -0.4 is 16.0 Å². The van der Waals surface area contributed by atoms with E-state index in [0.717, 1.165) is 33.6 Å². The molecule has 3 N–H and O–H groups in total. The summed E-state index contributed by atoms with van der Waals surface area (Å²) in [6, 6.07) is 16.8. The number of carbonyl (C=O) groups excluding carboxylic acids is 1. The normalized spacial score (nSPS) is 12.5. The van der Waals surface area contributed by atoms with Gasteiger partial charge >= 0.3 is 0 Å². The van der Waals surface area contributed by atoms with Gasteiger partial charge in [-0.2, -0.15) is 0 Å². The molecule has 6 nitrogen and oxygen atoms in total. The van der Waals surface area contributed by atoms with Crippen LogP contribution in [0.1, 0.15) is 49.4 Å². The van der Waals surface area contributed by atoms with Crippen molar-refractivity contribution in [1.82, 2.24) is 14.9 Å². The van der Waals surface area contributed by atoms with Crippen molar-refractivity contribution < 1.29 is 13.6 Å². The first kappa shape index (κ1) is 28.2. The van der Waals surface area contributed by atoms with Gasteiger partial charge in [-0.15, -0.1) is 11.3 Å². The number of anilines is 2. The van der Waals surface area contributed by atoms with Crippen LogP contribution in [0.15, 0.2) is 73.8 Å². The lowest BCUT2D eigenvalue weighted by Crippen LogP contribution is -2.37. The highest BCUT2D eigenvalue weighted by Crippen LogP contribution is 2.33. The molecular weight excluding hydrogens is 516 g/mol. The standard InChI is InChI=1S/C30H33F2N5OS/c1-7-27(38)35-21-9-8-10-22(16-21)37-24-12-11-20(17-33-19(3)30(4,5)6)15-23(24)36-29(37)34-18(2)25-13-14-26(39-25)28(31)32/h7-16,19,28,33H,1-2,17H2,3-6H3,(H,34,36)(H,35,38). The largest absolute Gasteiger partial charge is 0.325 e. The molecule has 0 bridgehead atoms. The molecule has 0 saturated heterocycles. The number of thiophene rings is 1. The fourth-order valence-corrected chi connectivity index (χ4v) is 4.69. The maximum Gasteiger partial charge on any atom is 0.272 e. The van der Waals surface area contributed by atoms with Crippen molar-refractivity contribution in [3.05, 3.63) is 89.1 Å². The van der Waals surface area contributed by atoms with Crippen LogP contribution in [0.5, 0.6) is 0 Å². The number of hydrogen-bond donors (Lipinski definition) is 3. The average Bonchev–Trinajstić information content (AvgIpc) is 3.52. The first-order chi connectivity index (χ1) is 18.5. The van der Waals surface area contributed by atoms with Crippen LogP contribution in [0.4, 0.5) is 20.4 Å². The molecule has 0 radical (unpaired) electrons. The summed E-state index contributed by atoms with van der Waals surface area (Å²) in [5.74, 6) is 0.158. The summed E-state index contributed by atoms with van der Waals surface area (Å²) in [5, 5.41) is 9.60. The molecule has 4 rings (SSSR count). The molecule has 0 spiro atoms. The van der Waals surface area contributed by atoms with Gasteiger partial charge in [-0.25, -0.2) is 13.8 Å². The number of alkyl halides is 2.